The first kappa shape index (κ1) is 11.9. The molecule has 2 fully saturated rings. The van der Waals surface area contributed by atoms with E-state index in [1.165, 1.54) is 19.3 Å². The maximum atomic E-state index is 11.8. The summed E-state index contributed by atoms with van der Waals surface area (Å²) in [7, 11) is 0. The summed E-state index contributed by atoms with van der Waals surface area (Å²) in [5.74, 6) is 1.88. The fraction of sp³-hybridized carbons (Fsp3) is 0.923. The van der Waals surface area contributed by atoms with Gasteiger partial charge in [0.2, 0.25) is 0 Å². The zero-order valence-corrected chi connectivity index (χ0v) is 10.3. The first-order valence-electron chi connectivity index (χ1n) is 6.55. The lowest BCUT2D eigenvalue weighted by Gasteiger charge is -2.31. The first-order chi connectivity index (χ1) is 7.63. The smallest absolute Gasteiger partial charge is 0.310 e. The second-order valence-corrected chi connectivity index (χ2v) is 5.51. The minimum absolute atomic E-state index is 0.0341. The van der Waals surface area contributed by atoms with Gasteiger partial charge in [-0.3, -0.25) is 4.79 Å². The van der Waals surface area contributed by atoms with Gasteiger partial charge in [0.1, 0.15) is 0 Å². The van der Waals surface area contributed by atoms with E-state index in [-0.39, 0.29) is 17.9 Å². The summed E-state index contributed by atoms with van der Waals surface area (Å²) in [5.41, 5.74) is 6.23. The molecule has 5 atom stereocenters. The third-order valence-corrected chi connectivity index (χ3v) is 4.42. The highest BCUT2D eigenvalue weighted by molar-refractivity contribution is 5.73. The van der Waals surface area contributed by atoms with Gasteiger partial charge in [-0.05, 0) is 43.9 Å². The fourth-order valence-electron chi connectivity index (χ4n) is 3.54. The van der Waals surface area contributed by atoms with Crippen LogP contribution >= 0.6 is 0 Å². The van der Waals surface area contributed by atoms with E-state index in [0.717, 1.165) is 12.3 Å². The zero-order chi connectivity index (χ0) is 11.7. The van der Waals surface area contributed by atoms with E-state index in [1.54, 1.807) is 0 Å². The van der Waals surface area contributed by atoms with E-state index < -0.39 is 0 Å². The minimum atomic E-state index is -0.0722. The third kappa shape index (κ3) is 2.10. The molecule has 92 valence electrons. The largest absolute Gasteiger partial charge is 0.466 e. The Morgan fingerprint density at radius 1 is 1.38 bits per heavy atom. The van der Waals surface area contributed by atoms with E-state index in [4.69, 9.17) is 10.5 Å². The van der Waals surface area contributed by atoms with Crippen LogP contribution in [-0.2, 0) is 9.53 Å². The van der Waals surface area contributed by atoms with Gasteiger partial charge in [-0.15, -0.1) is 0 Å². The van der Waals surface area contributed by atoms with Gasteiger partial charge in [0.05, 0.1) is 12.5 Å². The van der Waals surface area contributed by atoms with Gasteiger partial charge in [0, 0.05) is 6.04 Å². The normalized spacial score (nSPS) is 42.8. The monoisotopic (exact) mass is 225 g/mol. The molecule has 2 saturated carbocycles. The Bertz CT molecular complexity index is 267. The summed E-state index contributed by atoms with van der Waals surface area (Å²) in [5, 5.41) is 0. The standard InChI is InChI=1S/C13H23NO2/c1-3-16-13(15)11-7-9-5-4-8(2)6-10(9)12(11)14/h8-12H,3-7,14H2,1-2H3. The number of ether oxygens (including phenoxy) is 1. The number of hydrogen-bond donors (Lipinski definition) is 1. The Hall–Kier alpha value is -0.570. The molecule has 0 amide bonds. The number of hydrogen-bond acceptors (Lipinski definition) is 3. The third-order valence-electron chi connectivity index (χ3n) is 4.42. The van der Waals surface area contributed by atoms with Crippen LogP contribution in [-0.4, -0.2) is 18.6 Å². The summed E-state index contributed by atoms with van der Waals surface area (Å²) >= 11 is 0. The molecule has 2 aliphatic rings. The Morgan fingerprint density at radius 2 is 2.12 bits per heavy atom. The second kappa shape index (κ2) is 4.74. The molecule has 2 rings (SSSR count). The molecule has 0 aliphatic heterocycles. The van der Waals surface area contributed by atoms with E-state index in [2.05, 4.69) is 6.92 Å². The van der Waals surface area contributed by atoms with Crippen LogP contribution in [0, 0.1) is 23.7 Å². The molecule has 0 radical (unpaired) electrons. The van der Waals surface area contributed by atoms with Crippen LogP contribution in [0.2, 0.25) is 0 Å². The van der Waals surface area contributed by atoms with Crippen LogP contribution in [0.1, 0.15) is 39.5 Å². The predicted molar refractivity (Wildman–Crippen MR) is 62.7 cm³/mol. The number of carbonyl (C=O) groups excluding carboxylic acids is 1. The van der Waals surface area contributed by atoms with Crippen molar-refractivity contribution in [3.63, 3.8) is 0 Å². The molecule has 0 saturated heterocycles. The van der Waals surface area contributed by atoms with Crippen LogP contribution in [0.15, 0.2) is 0 Å². The van der Waals surface area contributed by atoms with Crippen molar-refractivity contribution in [2.45, 2.75) is 45.6 Å². The van der Waals surface area contributed by atoms with Gasteiger partial charge in [0.25, 0.3) is 0 Å². The van der Waals surface area contributed by atoms with Gasteiger partial charge >= 0.3 is 5.97 Å². The fourth-order valence-corrected chi connectivity index (χ4v) is 3.54. The molecule has 0 spiro atoms. The molecule has 0 aromatic carbocycles. The van der Waals surface area contributed by atoms with Crippen molar-refractivity contribution < 1.29 is 9.53 Å². The number of rotatable bonds is 2. The number of esters is 1. The predicted octanol–water partition coefficient (Wildman–Crippen LogP) is 1.95. The van der Waals surface area contributed by atoms with Crippen molar-refractivity contribution >= 4 is 5.97 Å². The van der Waals surface area contributed by atoms with E-state index in [1.807, 2.05) is 6.92 Å². The SMILES string of the molecule is CCOC(=O)C1CC2CCC(C)CC2C1N. The molecular weight excluding hydrogens is 202 g/mol. The number of nitrogens with two attached hydrogens (primary N) is 1. The van der Waals surface area contributed by atoms with Gasteiger partial charge in [-0.25, -0.2) is 0 Å². The zero-order valence-electron chi connectivity index (χ0n) is 10.3. The van der Waals surface area contributed by atoms with Gasteiger partial charge in [0.15, 0.2) is 0 Å². The quantitative estimate of drug-likeness (QED) is 0.731. The van der Waals surface area contributed by atoms with Crippen LogP contribution in [0.4, 0.5) is 0 Å². The van der Waals surface area contributed by atoms with E-state index in [0.29, 0.717) is 18.4 Å². The van der Waals surface area contributed by atoms with Gasteiger partial charge in [-0.2, -0.15) is 0 Å². The number of carbonyl (C=O) groups is 1. The molecule has 2 N–H and O–H groups in total. The van der Waals surface area contributed by atoms with Crippen molar-refractivity contribution in [1.82, 2.24) is 0 Å². The maximum absolute atomic E-state index is 11.8. The van der Waals surface area contributed by atoms with Crippen molar-refractivity contribution in [2.75, 3.05) is 6.61 Å². The highest BCUT2D eigenvalue weighted by atomic mass is 16.5. The lowest BCUT2D eigenvalue weighted by molar-refractivity contribution is -0.148. The summed E-state index contributed by atoms with van der Waals surface area (Å²) in [6, 6.07) is 0.0341. The highest BCUT2D eigenvalue weighted by Gasteiger charge is 2.46. The lowest BCUT2D eigenvalue weighted by atomic mass is 9.75. The summed E-state index contributed by atoms with van der Waals surface area (Å²) in [6.45, 7) is 4.61. The van der Waals surface area contributed by atoms with Gasteiger partial charge in [-0.1, -0.05) is 13.3 Å². The Kier molecular flexibility index (Phi) is 3.53. The van der Waals surface area contributed by atoms with Crippen LogP contribution in [0.5, 0.6) is 0 Å². The van der Waals surface area contributed by atoms with Crippen molar-refractivity contribution in [1.29, 1.82) is 0 Å². The molecule has 3 heteroatoms. The van der Waals surface area contributed by atoms with Crippen LogP contribution < -0.4 is 5.73 Å². The van der Waals surface area contributed by atoms with Crippen molar-refractivity contribution in [2.24, 2.45) is 29.4 Å². The molecule has 5 unspecified atom stereocenters. The average molecular weight is 225 g/mol. The van der Waals surface area contributed by atoms with Crippen molar-refractivity contribution in [3.05, 3.63) is 0 Å². The van der Waals surface area contributed by atoms with E-state index >= 15 is 0 Å². The average Bonchev–Trinajstić information content (AvgIpc) is 2.57. The molecule has 16 heavy (non-hydrogen) atoms. The number of fused-ring (bicyclic) bond motifs is 1. The summed E-state index contributed by atoms with van der Waals surface area (Å²) in [4.78, 5) is 11.8. The van der Waals surface area contributed by atoms with E-state index in [9.17, 15) is 4.79 Å². The molecule has 0 heterocycles. The molecule has 0 aromatic heterocycles. The minimum Gasteiger partial charge on any atom is -0.466 e. The second-order valence-electron chi connectivity index (χ2n) is 5.51. The topological polar surface area (TPSA) is 52.3 Å². The Balaban J connectivity index is 2.01. The molecule has 2 aliphatic carbocycles. The Morgan fingerprint density at radius 3 is 2.81 bits per heavy atom. The maximum Gasteiger partial charge on any atom is 0.310 e. The highest BCUT2D eigenvalue weighted by Crippen LogP contribution is 2.46. The summed E-state index contributed by atoms with van der Waals surface area (Å²) < 4.78 is 5.11. The molecule has 3 nitrogen and oxygen atoms in total. The summed E-state index contributed by atoms with van der Waals surface area (Å²) in [6.07, 6.45) is 4.69. The van der Waals surface area contributed by atoms with Crippen LogP contribution in [0.25, 0.3) is 0 Å². The molecule has 0 bridgehead atoms. The van der Waals surface area contributed by atoms with Crippen molar-refractivity contribution in [3.8, 4) is 0 Å². The molecule has 0 aromatic rings. The first-order valence-corrected chi connectivity index (χ1v) is 6.55. The van der Waals surface area contributed by atoms with Gasteiger partial charge < -0.3 is 10.5 Å². The molecular formula is C13H23NO2. The lowest BCUT2D eigenvalue weighted by Crippen LogP contribution is -2.38. The Labute approximate surface area is 97.7 Å². The van der Waals surface area contributed by atoms with Crippen LogP contribution in [0.3, 0.4) is 0 Å².